The summed E-state index contributed by atoms with van der Waals surface area (Å²) >= 11 is 0. The number of aliphatic hydroxyl groups is 1. The zero-order valence-electron chi connectivity index (χ0n) is 17.5. The van der Waals surface area contributed by atoms with Crippen molar-refractivity contribution in [1.29, 1.82) is 0 Å². The number of benzene rings is 1. The van der Waals surface area contributed by atoms with E-state index in [0.717, 1.165) is 56.1 Å². The summed E-state index contributed by atoms with van der Waals surface area (Å²) in [6, 6.07) is 6.43. The van der Waals surface area contributed by atoms with Gasteiger partial charge in [0.1, 0.15) is 5.82 Å². The lowest BCUT2D eigenvalue weighted by Crippen LogP contribution is -2.50. The molecule has 1 N–H and O–H groups in total. The SMILES string of the molecule is C[C@]12CC[C@H](O)CC1=CC[C@@H]1[C@@H]2CC[C@]2(C)C(=O)/C(=C/c3ccc(F)cc3)C[C@@H]12. The van der Waals surface area contributed by atoms with E-state index in [-0.39, 0.29) is 22.8 Å². The number of rotatable bonds is 1. The van der Waals surface area contributed by atoms with E-state index in [4.69, 9.17) is 0 Å². The van der Waals surface area contributed by atoms with Gasteiger partial charge < -0.3 is 5.11 Å². The summed E-state index contributed by atoms with van der Waals surface area (Å²) in [6.07, 6.45) is 11.0. The van der Waals surface area contributed by atoms with Crippen LogP contribution in [0.1, 0.15) is 64.4 Å². The molecular weight excluding hydrogens is 363 g/mol. The number of carbonyl (C=O) groups is 1. The van der Waals surface area contributed by atoms with Crippen LogP contribution >= 0.6 is 0 Å². The average Bonchev–Trinajstić information content (AvgIpc) is 2.95. The maximum atomic E-state index is 13.4. The summed E-state index contributed by atoms with van der Waals surface area (Å²) < 4.78 is 13.3. The summed E-state index contributed by atoms with van der Waals surface area (Å²) in [5, 5.41) is 10.2. The first-order valence-corrected chi connectivity index (χ1v) is 11.2. The Morgan fingerprint density at radius 3 is 2.52 bits per heavy atom. The second kappa shape index (κ2) is 6.63. The Labute approximate surface area is 172 Å². The maximum absolute atomic E-state index is 13.4. The Balaban J connectivity index is 1.47. The van der Waals surface area contributed by atoms with Gasteiger partial charge in [-0.25, -0.2) is 4.39 Å². The Morgan fingerprint density at radius 1 is 1.03 bits per heavy atom. The molecule has 1 aromatic rings. The zero-order valence-corrected chi connectivity index (χ0v) is 17.5. The largest absolute Gasteiger partial charge is 0.393 e. The van der Waals surface area contributed by atoms with Gasteiger partial charge in [0.25, 0.3) is 0 Å². The molecule has 3 heteroatoms. The summed E-state index contributed by atoms with van der Waals surface area (Å²) in [5.41, 5.74) is 3.22. The van der Waals surface area contributed by atoms with Gasteiger partial charge in [0, 0.05) is 5.41 Å². The normalized spacial score (nSPS) is 42.8. The number of hydrogen-bond donors (Lipinski definition) is 1. The first kappa shape index (κ1) is 19.2. The maximum Gasteiger partial charge on any atom is 0.165 e. The third-order valence-electron chi connectivity index (χ3n) is 8.93. The molecule has 3 fully saturated rings. The van der Waals surface area contributed by atoms with Crippen molar-refractivity contribution >= 4 is 11.9 Å². The van der Waals surface area contributed by atoms with Crippen molar-refractivity contribution in [3.8, 4) is 0 Å². The highest BCUT2D eigenvalue weighted by molar-refractivity contribution is 6.05. The van der Waals surface area contributed by atoms with Crippen LogP contribution in [0.5, 0.6) is 0 Å². The van der Waals surface area contributed by atoms with E-state index in [2.05, 4.69) is 19.9 Å². The van der Waals surface area contributed by atoms with Crippen molar-refractivity contribution in [3.63, 3.8) is 0 Å². The lowest BCUT2D eigenvalue weighted by molar-refractivity contribution is -0.130. The molecule has 3 saturated carbocycles. The van der Waals surface area contributed by atoms with E-state index >= 15 is 0 Å². The number of hydrogen-bond acceptors (Lipinski definition) is 2. The van der Waals surface area contributed by atoms with Crippen molar-refractivity contribution < 1.29 is 14.3 Å². The Hall–Kier alpha value is -1.74. The van der Waals surface area contributed by atoms with E-state index in [1.54, 1.807) is 12.1 Å². The van der Waals surface area contributed by atoms with Crippen LogP contribution in [0.3, 0.4) is 0 Å². The van der Waals surface area contributed by atoms with Crippen LogP contribution in [0.15, 0.2) is 41.5 Å². The number of ketones is 1. The highest BCUT2D eigenvalue weighted by atomic mass is 19.1. The minimum atomic E-state index is -0.261. The Morgan fingerprint density at radius 2 is 1.76 bits per heavy atom. The summed E-state index contributed by atoms with van der Waals surface area (Å²) in [7, 11) is 0. The van der Waals surface area contributed by atoms with E-state index in [9.17, 15) is 14.3 Å². The van der Waals surface area contributed by atoms with Crippen molar-refractivity contribution in [1.82, 2.24) is 0 Å². The minimum absolute atomic E-state index is 0.182. The molecule has 0 saturated heterocycles. The second-order valence-electron chi connectivity index (χ2n) is 10.4. The molecule has 0 unspecified atom stereocenters. The molecule has 0 bridgehead atoms. The van der Waals surface area contributed by atoms with Gasteiger partial charge in [-0.2, -0.15) is 0 Å². The van der Waals surface area contributed by atoms with E-state index in [0.29, 0.717) is 23.5 Å². The minimum Gasteiger partial charge on any atom is -0.393 e. The van der Waals surface area contributed by atoms with Crippen molar-refractivity contribution in [2.75, 3.05) is 0 Å². The van der Waals surface area contributed by atoms with Gasteiger partial charge in [-0.15, -0.1) is 0 Å². The van der Waals surface area contributed by atoms with Gasteiger partial charge in [0.2, 0.25) is 0 Å². The van der Waals surface area contributed by atoms with Crippen LogP contribution < -0.4 is 0 Å². The van der Waals surface area contributed by atoms with Crippen LogP contribution in [-0.2, 0) is 4.79 Å². The fourth-order valence-electron chi connectivity index (χ4n) is 7.20. The van der Waals surface area contributed by atoms with Crippen LogP contribution in [0.25, 0.3) is 6.08 Å². The molecule has 29 heavy (non-hydrogen) atoms. The van der Waals surface area contributed by atoms with Crippen molar-refractivity contribution in [2.24, 2.45) is 28.6 Å². The molecule has 2 nitrogen and oxygen atoms in total. The van der Waals surface area contributed by atoms with E-state index in [1.165, 1.54) is 17.7 Å². The zero-order chi connectivity index (χ0) is 20.4. The molecular formula is C26H31FO2. The predicted octanol–water partition coefficient (Wildman–Crippen LogP) is 5.71. The monoisotopic (exact) mass is 394 g/mol. The predicted molar refractivity (Wildman–Crippen MR) is 112 cm³/mol. The summed E-state index contributed by atoms with van der Waals surface area (Å²) in [4.78, 5) is 13.4. The van der Waals surface area contributed by atoms with Gasteiger partial charge >= 0.3 is 0 Å². The molecule has 0 aromatic heterocycles. The fraction of sp³-hybridized carbons (Fsp3) is 0.577. The molecule has 1 aromatic carbocycles. The Kier molecular flexibility index (Phi) is 4.40. The third kappa shape index (κ3) is 2.88. The fourth-order valence-corrected chi connectivity index (χ4v) is 7.20. The van der Waals surface area contributed by atoms with Gasteiger partial charge in [0.15, 0.2) is 5.78 Å². The average molecular weight is 395 g/mol. The molecule has 4 aliphatic carbocycles. The number of fused-ring (bicyclic) bond motifs is 5. The van der Waals surface area contributed by atoms with Crippen LogP contribution in [0.4, 0.5) is 4.39 Å². The summed E-state index contributed by atoms with van der Waals surface area (Å²) in [5.74, 6) is 1.61. The van der Waals surface area contributed by atoms with E-state index < -0.39 is 0 Å². The van der Waals surface area contributed by atoms with Crippen molar-refractivity contribution in [3.05, 3.63) is 52.9 Å². The quantitative estimate of drug-likeness (QED) is 0.489. The molecule has 0 heterocycles. The van der Waals surface area contributed by atoms with Gasteiger partial charge in [-0.3, -0.25) is 4.79 Å². The molecule has 0 aliphatic heterocycles. The lowest BCUT2D eigenvalue weighted by atomic mass is 9.48. The number of halogens is 1. The number of aliphatic hydroxyl groups excluding tert-OH is 1. The van der Waals surface area contributed by atoms with Gasteiger partial charge in [0.05, 0.1) is 6.10 Å². The highest BCUT2D eigenvalue weighted by Gasteiger charge is 2.59. The molecule has 0 spiro atoms. The lowest BCUT2D eigenvalue weighted by Gasteiger charge is -2.56. The topological polar surface area (TPSA) is 37.3 Å². The van der Waals surface area contributed by atoms with Gasteiger partial charge in [-0.1, -0.05) is 37.6 Å². The molecule has 0 radical (unpaired) electrons. The first-order chi connectivity index (χ1) is 13.8. The van der Waals surface area contributed by atoms with Crippen LogP contribution in [0.2, 0.25) is 0 Å². The number of Topliss-reactive ketones (excluding diaryl/α,β-unsaturated/α-hetero) is 1. The highest BCUT2D eigenvalue weighted by Crippen LogP contribution is 2.64. The standard InChI is InChI=1S/C26H31FO2/c1-25-11-9-20(28)15-18(25)5-8-21-22(25)10-12-26(2)23(21)14-17(24(26)29)13-16-3-6-19(27)7-4-16/h3-7,13,20-23,28H,8-12,14-15H2,1-2H3/b17-13+/t20-,21+,22-,23-,25-,26-/m0/s1. The smallest absolute Gasteiger partial charge is 0.165 e. The molecule has 5 rings (SSSR count). The number of carbonyl (C=O) groups excluding carboxylic acids is 1. The second-order valence-corrected chi connectivity index (χ2v) is 10.4. The van der Waals surface area contributed by atoms with Crippen LogP contribution in [0, 0.1) is 34.4 Å². The van der Waals surface area contributed by atoms with Crippen LogP contribution in [-0.4, -0.2) is 17.0 Å². The Bertz CT molecular complexity index is 898. The molecule has 6 atom stereocenters. The molecule has 154 valence electrons. The van der Waals surface area contributed by atoms with Crippen molar-refractivity contribution in [2.45, 2.75) is 64.9 Å². The molecule has 0 amide bonds. The number of allylic oxidation sites excluding steroid dienone is 2. The van der Waals surface area contributed by atoms with E-state index in [1.807, 2.05) is 6.08 Å². The summed E-state index contributed by atoms with van der Waals surface area (Å²) in [6.45, 7) is 4.60. The molecule has 4 aliphatic rings. The third-order valence-corrected chi connectivity index (χ3v) is 8.93. The first-order valence-electron chi connectivity index (χ1n) is 11.2. The van der Waals surface area contributed by atoms with Gasteiger partial charge in [-0.05, 0) is 97.5 Å².